The van der Waals surface area contributed by atoms with E-state index in [1.807, 2.05) is 0 Å². The maximum absolute atomic E-state index is 12.0. The smallest absolute Gasteiger partial charge is 0.242 e. The second-order valence-electron chi connectivity index (χ2n) is 4.29. The van der Waals surface area contributed by atoms with Crippen molar-refractivity contribution in [3.05, 3.63) is 18.0 Å². The molecule has 0 atom stereocenters. The van der Waals surface area contributed by atoms with Crippen LogP contribution < -0.4 is 4.72 Å². The molecule has 0 aliphatic rings. The number of aliphatic hydroxyl groups is 1. The minimum absolute atomic E-state index is 0.157. The second kappa shape index (κ2) is 8.38. The van der Waals surface area contributed by atoms with Crippen molar-refractivity contribution in [2.75, 3.05) is 33.5 Å². The zero-order valence-electron chi connectivity index (χ0n) is 11.8. The van der Waals surface area contributed by atoms with Gasteiger partial charge in [0.15, 0.2) is 0 Å². The molecule has 116 valence electrons. The Labute approximate surface area is 119 Å². The summed E-state index contributed by atoms with van der Waals surface area (Å²) in [7, 11) is -0.248. The van der Waals surface area contributed by atoms with Crippen molar-refractivity contribution < 1.29 is 23.0 Å². The Bertz CT molecular complexity index is 498. The molecule has 2 N–H and O–H groups in total. The lowest BCUT2D eigenvalue weighted by atomic mass is 10.5. The highest BCUT2D eigenvalue weighted by Gasteiger charge is 2.16. The molecule has 0 saturated heterocycles. The molecule has 0 aliphatic heterocycles. The molecule has 0 aromatic carbocycles. The van der Waals surface area contributed by atoms with Crippen LogP contribution in [-0.2, 0) is 33.2 Å². The van der Waals surface area contributed by atoms with Gasteiger partial charge in [-0.2, -0.15) is 0 Å². The summed E-state index contributed by atoms with van der Waals surface area (Å²) in [6.07, 6.45) is 2.06. The first-order valence-electron chi connectivity index (χ1n) is 6.33. The van der Waals surface area contributed by atoms with Gasteiger partial charge in [-0.1, -0.05) is 0 Å². The van der Waals surface area contributed by atoms with E-state index in [0.29, 0.717) is 38.5 Å². The Morgan fingerprint density at radius 3 is 2.70 bits per heavy atom. The van der Waals surface area contributed by atoms with Crippen LogP contribution in [0.15, 0.2) is 17.2 Å². The molecule has 1 aromatic heterocycles. The molecule has 1 heterocycles. The number of aryl methyl sites for hydroxylation is 1. The number of methoxy groups -OCH3 is 1. The summed E-state index contributed by atoms with van der Waals surface area (Å²) in [4.78, 5) is 0.157. The predicted molar refractivity (Wildman–Crippen MR) is 73.8 cm³/mol. The third-order valence-electron chi connectivity index (χ3n) is 2.74. The van der Waals surface area contributed by atoms with Crippen LogP contribution in [-0.4, -0.2) is 51.6 Å². The number of aromatic nitrogens is 1. The number of sulfonamides is 1. The van der Waals surface area contributed by atoms with Gasteiger partial charge in [0.25, 0.3) is 0 Å². The maximum atomic E-state index is 12.0. The number of hydrogen-bond donors (Lipinski definition) is 2. The highest BCUT2D eigenvalue weighted by Crippen LogP contribution is 2.13. The van der Waals surface area contributed by atoms with Crippen molar-refractivity contribution in [2.24, 2.45) is 7.05 Å². The molecule has 0 spiro atoms. The first-order valence-corrected chi connectivity index (χ1v) is 7.82. The summed E-state index contributed by atoms with van der Waals surface area (Å²) in [5.41, 5.74) is 0.549. The van der Waals surface area contributed by atoms with Crippen molar-refractivity contribution in [2.45, 2.75) is 17.9 Å². The summed E-state index contributed by atoms with van der Waals surface area (Å²) in [6, 6.07) is 1.46. The van der Waals surface area contributed by atoms with Gasteiger partial charge in [0.1, 0.15) is 0 Å². The topological polar surface area (TPSA) is 89.8 Å². The number of rotatable bonds is 10. The molecule has 0 amide bonds. The number of aliphatic hydroxyl groups excluding tert-OH is 1. The van der Waals surface area contributed by atoms with E-state index in [-0.39, 0.29) is 11.5 Å². The van der Waals surface area contributed by atoms with Crippen LogP contribution in [0.25, 0.3) is 0 Å². The van der Waals surface area contributed by atoms with E-state index in [1.54, 1.807) is 18.7 Å². The third kappa shape index (κ3) is 5.22. The van der Waals surface area contributed by atoms with Crippen molar-refractivity contribution >= 4 is 10.0 Å². The lowest BCUT2D eigenvalue weighted by Crippen LogP contribution is -2.25. The Kier molecular flexibility index (Phi) is 7.17. The van der Waals surface area contributed by atoms with Gasteiger partial charge in [0, 0.05) is 39.2 Å². The fourth-order valence-electron chi connectivity index (χ4n) is 1.59. The Morgan fingerprint density at radius 2 is 2.10 bits per heavy atom. The van der Waals surface area contributed by atoms with E-state index in [0.717, 1.165) is 0 Å². The van der Waals surface area contributed by atoms with Crippen LogP contribution in [0.2, 0.25) is 0 Å². The molecule has 20 heavy (non-hydrogen) atoms. The highest BCUT2D eigenvalue weighted by atomic mass is 32.2. The highest BCUT2D eigenvalue weighted by molar-refractivity contribution is 7.89. The van der Waals surface area contributed by atoms with Crippen molar-refractivity contribution in [1.29, 1.82) is 0 Å². The molecule has 0 radical (unpaired) electrons. The lowest BCUT2D eigenvalue weighted by Gasteiger charge is -2.05. The van der Waals surface area contributed by atoms with Crippen LogP contribution in [0.4, 0.5) is 0 Å². The molecule has 7 nitrogen and oxygen atoms in total. The van der Waals surface area contributed by atoms with E-state index in [2.05, 4.69) is 4.72 Å². The van der Waals surface area contributed by atoms with E-state index < -0.39 is 10.0 Å². The maximum Gasteiger partial charge on any atom is 0.242 e. The molecule has 1 aromatic rings. The fraction of sp³-hybridized carbons (Fsp3) is 0.667. The average molecular weight is 306 g/mol. The van der Waals surface area contributed by atoms with Gasteiger partial charge in [0.2, 0.25) is 10.0 Å². The minimum atomic E-state index is -3.53. The summed E-state index contributed by atoms with van der Waals surface area (Å²) in [5, 5.41) is 9.05. The van der Waals surface area contributed by atoms with Crippen molar-refractivity contribution in [1.82, 2.24) is 9.29 Å². The summed E-state index contributed by atoms with van der Waals surface area (Å²) in [5.74, 6) is 0. The summed E-state index contributed by atoms with van der Waals surface area (Å²) in [6.45, 7) is 1.61. The minimum Gasteiger partial charge on any atom is -0.390 e. The van der Waals surface area contributed by atoms with Gasteiger partial charge in [-0.3, -0.25) is 0 Å². The van der Waals surface area contributed by atoms with Gasteiger partial charge in [-0.05, 0) is 12.5 Å². The molecule has 0 fully saturated rings. The van der Waals surface area contributed by atoms with Gasteiger partial charge in [-0.15, -0.1) is 0 Å². The van der Waals surface area contributed by atoms with Crippen molar-refractivity contribution in [3.63, 3.8) is 0 Å². The quantitative estimate of drug-likeness (QED) is 0.587. The standard InChI is InChI=1S/C12H22N2O5S/c1-14-9-12(8-11(14)10-15)20(16,17)13-4-3-5-19-7-6-18-2/h8-9,13,15H,3-7,10H2,1-2H3. The summed E-state index contributed by atoms with van der Waals surface area (Å²) >= 11 is 0. The SMILES string of the molecule is COCCOCCCNS(=O)(=O)c1cc(CO)n(C)c1. The molecule has 0 saturated carbocycles. The largest absolute Gasteiger partial charge is 0.390 e. The number of nitrogens with zero attached hydrogens (tertiary/aromatic N) is 1. The van der Waals surface area contributed by atoms with Crippen LogP contribution in [0.1, 0.15) is 12.1 Å². The zero-order chi connectivity index (χ0) is 15.0. The van der Waals surface area contributed by atoms with E-state index in [4.69, 9.17) is 14.6 Å². The molecule has 1 rings (SSSR count). The van der Waals surface area contributed by atoms with Gasteiger partial charge in [0.05, 0.1) is 24.7 Å². The van der Waals surface area contributed by atoms with Crippen LogP contribution >= 0.6 is 0 Å². The van der Waals surface area contributed by atoms with Crippen LogP contribution in [0.5, 0.6) is 0 Å². The lowest BCUT2D eigenvalue weighted by molar-refractivity contribution is 0.0699. The van der Waals surface area contributed by atoms with Gasteiger partial charge in [-0.25, -0.2) is 13.1 Å². The van der Waals surface area contributed by atoms with Gasteiger partial charge < -0.3 is 19.1 Å². The normalized spacial score (nSPS) is 11.9. The van der Waals surface area contributed by atoms with E-state index in [9.17, 15) is 8.42 Å². The van der Waals surface area contributed by atoms with E-state index >= 15 is 0 Å². The monoisotopic (exact) mass is 306 g/mol. The zero-order valence-corrected chi connectivity index (χ0v) is 12.6. The second-order valence-corrected chi connectivity index (χ2v) is 6.06. The predicted octanol–water partition coefficient (Wildman–Crippen LogP) is -0.151. The third-order valence-corrected chi connectivity index (χ3v) is 4.17. The first kappa shape index (κ1) is 17.1. The number of ether oxygens (including phenoxy) is 2. The first-order chi connectivity index (χ1) is 9.51. The van der Waals surface area contributed by atoms with E-state index in [1.165, 1.54) is 12.3 Å². The Balaban J connectivity index is 2.38. The van der Waals surface area contributed by atoms with Crippen LogP contribution in [0, 0.1) is 0 Å². The van der Waals surface area contributed by atoms with Gasteiger partial charge >= 0.3 is 0 Å². The molecule has 0 bridgehead atoms. The number of hydrogen-bond acceptors (Lipinski definition) is 5. The fourth-order valence-corrected chi connectivity index (χ4v) is 2.76. The Hall–Kier alpha value is -0.930. The molecular weight excluding hydrogens is 284 g/mol. The Morgan fingerprint density at radius 1 is 1.35 bits per heavy atom. The van der Waals surface area contributed by atoms with Crippen LogP contribution in [0.3, 0.4) is 0 Å². The molecule has 0 unspecified atom stereocenters. The molecule has 0 aliphatic carbocycles. The average Bonchev–Trinajstić information content (AvgIpc) is 2.80. The molecule has 8 heteroatoms. The summed E-state index contributed by atoms with van der Waals surface area (Å²) < 4.78 is 38.1. The number of nitrogens with one attached hydrogen (secondary N) is 1. The van der Waals surface area contributed by atoms with Crippen molar-refractivity contribution in [3.8, 4) is 0 Å². The molecular formula is C12H22N2O5S.